The molecule has 3 fully saturated rings. The zero-order valence-corrected chi connectivity index (χ0v) is 31.8. The number of aromatic amines is 2. The first-order valence-corrected chi connectivity index (χ1v) is 20.3. The Morgan fingerprint density at radius 1 is 0.946 bits per heavy atom. The van der Waals surface area contributed by atoms with Gasteiger partial charge in [-0.1, -0.05) is 73.8 Å². The number of nitrogens with one attached hydrogen (secondary N) is 4. The first-order chi connectivity index (χ1) is 27.3. The summed E-state index contributed by atoms with van der Waals surface area (Å²) in [6.45, 7) is 2.48. The van der Waals surface area contributed by atoms with Gasteiger partial charge in [-0.05, 0) is 60.9 Å². The van der Waals surface area contributed by atoms with Gasteiger partial charge >= 0.3 is 5.69 Å². The predicted octanol–water partition coefficient (Wildman–Crippen LogP) is 5.79. The Hall–Kier alpha value is -5.60. The minimum absolute atomic E-state index is 0.00189. The van der Waals surface area contributed by atoms with Crippen LogP contribution < -0.4 is 21.9 Å². The number of carbonyl (C=O) groups is 3. The summed E-state index contributed by atoms with van der Waals surface area (Å²) in [6, 6.07) is 14.1. The van der Waals surface area contributed by atoms with E-state index in [1.807, 2.05) is 29.2 Å². The molecule has 0 spiro atoms. The number of nitrogens with zero attached hydrogens (tertiary/aromatic N) is 3. The van der Waals surface area contributed by atoms with Crippen LogP contribution in [-0.2, 0) is 20.9 Å². The molecule has 5 heterocycles. The van der Waals surface area contributed by atoms with Crippen molar-refractivity contribution in [1.82, 2.24) is 29.7 Å². The molecule has 0 radical (unpaired) electrons. The average molecular weight is 774 g/mol. The third-order valence-electron chi connectivity index (χ3n) is 11.9. The number of hydrogen-bond donors (Lipinski definition) is 4. The van der Waals surface area contributed by atoms with Crippen LogP contribution in [0.3, 0.4) is 0 Å². The summed E-state index contributed by atoms with van der Waals surface area (Å²) in [6.07, 6.45) is 13.0. The second-order valence-electron chi connectivity index (χ2n) is 15.3. The third-order valence-corrected chi connectivity index (χ3v) is 12.8. The van der Waals surface area contributed by atoms with Gasteiger partial charge in [-0.3, -0.25) is 29.5 Å². The van der Waals surface area contributed by atoms with Gasteiger partial charge in [0.25, 0.3) is 23.3 Å². The van der Waals surface area contributed by atoms with E-state index >= 15 is 0 Å². The van der Waals surface area contributed by atoms with Crippen molar-refractivity contribution in [3.05, 3.63) is 98.0 Å². The first-order valence-electron chi connectivity index (χ1n) is 19.5. The van der Waals surface area contributed by atoms with Crippen molar-refractivity contribution in [2.24, 2.45) is 0 Å². The van der Waals surface area contributed by atoms with E-state index in [2.05, 4.69) is 54.4 Å². The highest BCUT2D eigenvalue weighted by atomic mass is 32.1. The molecular formula is C42H43N7O6S. The monoisotopic (exact) mass is 773 g/mol. The lowest BCUT2D eigenvalue weighted by molar-refractivity contribution is -0.131. The van der Waals surface area contributed by atoms with E-state index in [1.54, 1.807) is 0 Å². The van der Waals surface area contributed by atoms with Gasteiger partial charge in [0.15, 0.2) is 5.13 Å². The second-order valence-corrected chi connectivity index (χ2v) is 16.3. The molecule has 14 heteroatoms. The van der Waals surface area contributed by atoms with Gasteiger partial charge in [0.1, 0.15) is 5.54 Å². The number of morpholine rings is 1. The van der Waals surface area contributed by atoms with Crippen LogP contribution in [0.4, 0.5) is 5.13 Å². The molecule has 288 valence electrons. The van der Waals surface area contributed by atoms with Crippen LogP contribution in [0.25, 0.3) is 38.7 Å². The van der Waals surface area contributed by atoms with Crippen LogP contribution in [0, 0.1) is 0 Å². The van der Waals surface area contributed by atoms with E-state index in [9.17, 15) is 24.0 Å². The largest absolute Gasteiger partial charge is 0.378 e. The molecule has 56 heavy (non-hydrogen) atoms. The Labute approximate surface area is 326 Å². The number of rotatable bonds is 7. The number of fused-ring (bicyclic) bond motifs is 5. The SMILES string of the molecule is O=C(NC1(C(=O)Nc2ncc(-c3c[nH]c(=O)[nH]c3=O)s2)CCCC1)c1ccc2c(C3CCCCC3)c3n(c2c1)CC(C(=O)N1CCOCC1)=Cc1ccccc1-3. The molecule has 2 aliphatic heterocycles. The molecule has 0 atom stereocenters. The Balaban J connectivity index is 1.06. The zero-order valence-electron chi connectivity index (χ0n) is 30.9. The smallest absolute Gasteiger partial charge is 0.325 e. The zero-order chi connectivity index (χ0) is 38.4. The number of hydrogen-bond acceptors (Lipinski definition) is 8. The minimum Gasteiger partial charge on any atom is -0.378 e. The number of amides is 3. The van der Waals surface area contributed by atoms with Crippen molar-refractivity contribution in [2.45, 2.75) is 75.8 Å². The van der Waals surface area contributed by atoms with E-state index in [1.165, 1.54) is 24.4 Å². The summed E-state index contributed by atoms with van der Waals surface area (Å²) in [5.41, 5.74) is 4.40. The Morgan fingerprint density at radius 3 is 2.52 bits per heavy atom. The quantitative estimate of drug-likeness (QED) is 0.162. The lowest BCUT2D eigenvalue weighted by atomic mass is 9.81. The molecule has 4 N–H and O–H groups in total. The lowest BCUT2D eigenvalue weighted by Crippen LogP contribution is -2.55. The predicted molar refractivity (Wildman–Crippen MR) is 215 cm³/mol. The van der Waals surface area contributed by atoms with Crippen LogP contribution >= 0.6 is 11.3 Å². The summed E-state index contributed by atoms with van der Waals surface area (Å²) >= 11 is 1.11. The molecular weight excluding hydrogens is 731 g/mol. The Bertz CT molecular complexity index is 2510. The number of anilines is 1. The van der Waals surface area contributed by atoms with Crippen molar-refractivity contribution in [3.63, 3.8) is 0 Å². The third kappa shape index (κ3) is 6.60. The fraction of sp³-hybridized carbons (Fsp3) is 0.381. The van der Waals surface area contributed by atoms with Gasteiger partial charge < -0.3 is 24.5 Å². The fourth-order valence-electron chi connectivity index (χ4n) is 9.06. The average Bonchev–Trinajstić information content (AvgIpc) is 3.94. The van der Waals surface area contributed by atoms with Crippen molar-refractivity contribution >= 4 is 51.2 Å². The molecule has 2 aromatic carbocycles. The number of ether oxygens (including phenoxy) is 1. The molecule has 2 aliphatic carbocycles. The molecule has 3 aromatic heterocycles. The second kappa shape index (κ2) is 14.8. The van der Waals surface area contributed by atoms with Gasteiger partial charge in [-0.15, -0.1) is 0 Å². The topological polar surface area (TPSA) is 171 Å². The normalized spacial score (nSPS) is 18.1. The minimum atomic E-state index is -1.16. The van der Waals surface area contributed by atoms with Crippen LogP contribution in [0.5, 0.6) is 0 Å². The van der Waals surface area contributed by atoms with Gasteiger partial charge in [-0.25, -0.2) is 9.78 Å². The van der Waals surface area contributed by atoms with E-state index in [4.69, 9.17) is 4.74 Å². The number of aromatic nitrogens is 4. The highest BCUT2D eigenvalue weighted by molar-refractivity contribution is 7.19. The van der Waals surface area contributed by atoms with Crippen LogP contribution in [0.15, 0.2) is 70.0 Å². The van der Waals surface area contributed by atoms with E-state index in [0.717, 1.165) is 77.6 Å². The Kier molecular flexibility index (Phi) is 9.54. The van der Waals surface area contributed by atoms with E-state index < -0.39 is 16.8 Å². The van der Waals surface area contributed by atoms with Gasteiger partial charge in [-0.2, -0.15) is 0 Å². The molecule has 13 nitrogen and oxygen atoms in total. The maximum absolute atomic E-state index is 14.3. The van der Waals surface area contributed by atoms with E-state index in [0.29, 0.717) is 67.6 Å². The van der Waals surface area contributed by atoms with Crippen molar-refractivity contribution in [3.8, 4) is 21.7 Å². The number of H-pyrrole nitrogens is 2. The number of carbonyl (C=O) groups excluding carboxylic acids is 3. The number of benzene rings is 2. The summed E-state index contributed by atoms with van der Waals surface area (Å²) in [4.78, 5) is 77.6. The van der Waals surface area contributed by atoms with E-state index in [-0.39, 0.29) is 28.4 Å². The van der Waals surface area contributed by atoms with Crippen molar-refractivity contribution in [2.75, 3.05) is 31.6 Å². The van der Waals surface area contributed by atoms with Crippen LogP contribution in [0.2, 0.25) is 0 Å². The first kappa shape index (κ1) is 36.1. The Morgan fingerprint density at radius 2 is 1.73 bits per heavy atom. The molecule has 4 aliphatic rings. The lowest BCUT2D eigenvalue weighted by Gasteiger charge is -2.28. The fourth-order valence-corrected chi connectivity index (χ4v) is 9.89. The molecule has 2 saturated carbocycles. The highest BCUT2D eigenvalue weighted by Gasteiger charge is 2.43. The molecule has 1 saturated heterocycles. The molecule has 0 unspecified atom stereocenters. The van der Waals surface area contributed by atoms with Crippen LogP contribution in [0.1, 0.15) is 85.2 Å². The van der Waals surface area contributed by atoms with Gasteiger partial charge in [0.05, 0.1) is 35.9 Å². The number of thiazole rings is 1. The summed E-state index contributed by atoms with van der Waals surface area (Å²) in [5, 5.41) is 7.39. The summed E-state index contributed by atoms with van der Waals surface area (Å²) in [5.74, 6) is -0.374. The highest BCUT2D eigenvalue weighted by Crippen LogP contribution is 2.47. The summed E-state index contributed by atoms with van der Waals surface area (Å²) in [7, 11) is 0. The van der Waals surface area contributed by atoms with Crippen LogP contribution in [-0.4, -0.2) is 74.0 Å². The molecule has 3 amide bonds. The summed E-state index contributed by atoms with van der Waals surface area (Å²) < 4.78 is 7.80. The van der Waals surface area contributed by atoms with Crippen molar-refractivity contribution in [1.29, 1.82) is 0 Å². The standard InChI is InChI=1S/C42H43N7O6S/c50-36(47-42(14-6-7-15-42)39(53)46-41-44-23-33(56-41)31-22-43-40(54)45-37(31)51)27-12-13-30-32(21-27)49-24-28(38(52)48-16-18-55-19-17-48)20-26-10-4-5-11-29(26)35(49)34(30)25-8-2-1-3-9-25/h4-5,10-13,20-23,25H,1-3,6-9,14-19,24H2,(H,47,50)(H,44,46,53)(H2,43,45,51,54). The van der Waals surface area contributed by atoms with Crippen molar-refractivity contribution < 1.29 is 19.1 Å². The maximum atomic E-state index is 14.3. The molecule has 5 aromatic rings. The van der Waals surface area contributed by atoms with Gasteiger partial charge in [0.2, 0.25) is 0 Å². The van der Waals surface area contributed by atoms with Gasteiger partial charge in [0, 0.05) is 53.1 Å². The molecule has 9 rings (SSSR count). The maximum Gasteiger partial charge on any atom is 0.325 e. The molecule has 0 bridgehead atoms.